The molecule has 4 nitrogen and oxygen atoms in total. The predicted octanol–water partition coefficient (Wildman–Crippen LogP) is 2.69. The first kappa shape index (κ1) is 15.5. The predicted molar refractivity (Wildman–Crippen MR) is 75.1 cm³/mol. The van der Waals surface area contributed by atoms with Crippen molar-refractivity contribution in [1.29, 1.82) is 0 Å². The van der Waals surface area contributed by atoms with Crippen LogP contribution in [0.25, 0.3) is 6.08 Å². The van der Waals surface area contributed by atoms with Crippen molar-refractivity contribution >= 4 is 41.2 Å². The molecule has 0 saturated heterocycles. The highest BCUT2D eigenvalue weighted by molar-refractivity contribution is 6.34. The third kappa shape index (κ3) is 5.77. The van der Waals surface area contributed by atoms with Gasteiger partial charge < -0.3 is 10.1 Å². The molecule has 1 amide bonds. The summed E-state index contributed by atoms with van der Waals surface area (Å²) in [7, 11) is 1.30. The Hall–Kier alpha value is -1.52. The van der Waals surface area contributed by atoms with E-state index in [4.69, 9.17) is 23.2 Å². The van der Waals surface area contributed by atoms with Gasteiger partial charge in [0, 0.05) is 22.7 Å². The molecule has 1 N–H and O–H groups in total. The van der Waals surface area contributed by atoms with Gasteiger partial charge in [0.05, 0.1) is 13.5 Å². The zero-order valence-corrected chi connectivity index (χ0v) is 11.8. The van der Waals surface area contributed by atoms with Crippen LogP contribution in [-0.4, -0.2) is 25.5 Å². The van der Waals surface area contributed by atoms with Crippen molar-refractivity contribution < 1.29 is 14.3 Å². The van der Waals surface area contributed by atoms with Gasteiger partial charge in [-0.15, -0.1) is 0 Å². The summed E-state index contributed by atoms with van der Waals surface area (Å²) >= 11 is 11.8. The maximum absolute atomic E-state index is 11.5. The second kappa shape index (κ2) is 7.81. The molecule has 102 valence electrons. The van der Waals surface area contributed by atoms with Gasteiger partial charge in [0.2, 0.25) is 5.91 Å². The lowest BCUT2D eigenvalue weighted by Gasteiger charge is -2.01. The van der Waals surface area contributed by atoms with Crippen molar-refractivity contribution in [2.24, 2.45) is 0 Å². The van der Waals surface area contributed by atoms with Crippen LogP contribution in [0.3, 0.4) is 0 Å². The third-order valence-corrected chi connectivity index (χ3v) is 2.81. The number of hydrogen-bond donors (Lipinski definition) is 1. The fourth-order valence-electron chi connectivity index (χ4n) is 1.26. The standard InChI is InChI=1S/C13H13Cl2NO3/c1-19-13(18)6-7-16-12(17)5-2-9-8-10(14)3-4-11(9)15/h2-5,8H,6-7H2,1H3,(H,16,17)/b5-2+. The fraction of sp³-hybridized carbons (Fsp3) is 0.231. The van der Waals surface area contributed by atoms with Crippen LogP contribution in [0, 0.1) is 0 Å². The molecular weight excluding hydrogens is 289 g/mol. The maximum Gasteiger partial charge on any atom is 0.307 e. The number of benzene rings is 1. The zero-order chi connectivity index (χ0) is 14.3. The molecular formula is C13H13Cl2NO3. The molecule has 0 fully saturated rings. The lowest BCUT2D eigenvalue weighted by atomic mass is 10.2. The van der Waals surface area contributed by atoms with Gasteiger partial charge >= 0.3 is 5.97 Å². The lowest BCUT2D eigenvalue weighted by molar-refractivity contribution is -0.140. The monoisotopic (exact) mass is 301 g/mol. The number of carbonyl (C=O) groups is 2. The van der Waals surface area contributed by atoms with Crippen LogP contribution < -0.4 is 5.32 Å². The Morgan fingerprint density at radius 2 is 2.11 bits per heavy atom. The second-order valence-corrected chi connectivity index (χ2v) is 4.46. The Kier molecular flexibility index (Phi) is 6.39. The van der Waals surface area contributed by atoms with E-state index >= 15 is 0 Å². The minimum absolute atomic E-state index is 0.133. The van der Waals surface area contributed by atoms with E-state index in [0.29, 0.717) is 15.6 Å². The van der Waals surface area contributed by atoms with Gasteiger partial charge in [-0.05, 0) is 29.8 Å². The average Bonchev–Trinajstić information content (AvgIpc) is 2.39. The molecule has 0 saturated carbocycles. The summed E-state index contributed by atoms with van der Waals surface area (Å²) in [6.45, 7) is 0.221. The third-order valence-electron chi connectivity index (χ3n) is 2.23. The molecule has 1 aromatic carbocycles. The van der Waals surface area contributed by atoms with Crippen LogP contribution in [0.1, 0.15) is 12.0 Å². The van der Waals surface area contributed by atoms with Crippen molar-refractivity contribution in [2.75, 3.05) is 13.7 Å². The van der Waals surface area contributed by atoms with E-state index in [0.717, 1.165) is 0 Å². The maximum atomic E-state index is 11.5. The van der Waals surface area contributed by atoms with Gasteiger partial charge in [-0.25, -0.2) is 0 Å². The van der Waals surface area contributed by atoms with E-state index in [-0.39, 0.29) is 24.8 Å². The Morgan fingerprint density at radius 1 is 1.37 bits per heavy atom. The first-order valence-electron chi connectivity index (χ1n) is 5.50. The van der Waals surface area contributed by atoms with Crippen LogP contribution in [0.2, 0.25) is 10.0 Å². The number of esters is 1. The van der Waals surface area contributed by atoms with E-state index in [1.54, 1.807) is 24.3 Å². The molecule has 0 spiro atoms. The minimum atomic E-state index is -0.373. The summed E-state index contributed by atoms with van der Waals surface area (Å²) < 4.78 is 4.45. The number of rotatable bonds is 5. The lowest BCUT2D eigenvalue weighted by Crippen LogP contribution is -2.24. The number of methoxy groups -OCH3 is 1. The number of hydrogen-bond acceptors (Lipinski definition) is 3. The topological polar surface area (TPSA) is 55.4 Å². The van der Waals surface area contributed by atoms with Crippen molar-refractivity contribution in [2.45, 2.75) is 6.42 Å². The Balaban J connectivity index is 2.49. The number of nitrogens with one attached hydrogen (secondary N) is 1. The molecule has 0 aromatic heterocycles. The smallest absolute Gasteiger partial charge is 0.307 e. The normalized spacial score (nSPS) is 10.5. The minimum Gasteiger partial charge on any atom is -0.469 e. The molecule has 0 aliphatic heterocycles. The highest BCUT2D eigenvalue weighted by Gasteiger charge is 2.02. The van der Waals surface area contributed by atoms with Crippen LogP contribution in [0.15, 0.2) is 24.3 Å². The van der Waals surface area contributed by atoms with Crippen molar-refractivity contribution in [3.8, 4) is 0 Å². The van der Waals surface area contributed by atoms with E-state index in [1.165, 1.54) is 13.2 Å². The molecule has 0 aliphatic carbocycles. The quantitative estimate of drug-likeness (QED) is 0.672. The second-order valence-electron chi connectivity index (χ2n) is 3.62. The summed E-state index contributed by atoms with van der Waals surface area (Å²) in [5.41, 5.74) is 0.650. The molecule has 0 bridgehead atoms. The highest BCUT2D eigenvalue weighted by Crippen LogP contribution is 2.21. The highest BCUT2D eigenvalue weighted by atomic mass is 35.5. The molecule has 6 heteroatoms. The number of amides is 1. The van der Waals surface area contributed by atoms with Crippen LogP contribution in [-0.2, 0) is 14.3 Å². The fourth-order valence-corrected chi connectivity index (χ4v) is 1.62. The Morgan fingerprint density at radius 3 is 2.79 bits per heavy atom. The van der Waals surface area contributed by atoms with E-state index in [1.807, 2.05) is 0 Å². The number of halogens is 2. The van der Waals surface area contributed by atoms with Gasteiger partial charge in [-0.3, -0.25) is 9.59 Å². The summed E-state index contributed by atoms with van der Waals surface area (Å²) in [5.74, 6) is -0.692. The van der Waals surface area contributed by atoms with Crippen LogP contribution in [0.4, 0.5) is 0 Å². The number of ether oxygens (including phenoxy) is 1. The van der Waals surface area contributed by atoms with E-state index in [9.17, 15) is 9.59 Å². The first-order chi connectivity index (χ1) is 9.02. The number of carbonyl (C=O) groups excluding carboxylic acids is 2. The molecule has 0 atom stereocenters. The molecule has 1 rings (SSSR count). The SMILES string of the molecule is COC(=O)CCNC(=O)/C=C/c1cc(Cl)ccc1Cl. The summed E-state index contributed by atoms with van der Waals surface area (Å²) in [6.07, 6.45) is 3.02. The molecule has 0 unspecified atom stereocenters. The van der Waals surface area contributed by atoms with E-state index < -0.39 is 0 Å². The van der Waals surface area contributed by atoms with Crippen molar-refractivity contribution in [3.05, 3.63) is 39.9 Å². The van der Waals surface area contributed by atoms with Gasteiger partial charge in [0.15, 0.2) is 0 Å². The zero-order valence-electron chi connectivity index (χ0n) is 10.3. The van der Waals surface area contributed by atoms with Crippen molar-refractivity contribution in [3.63, 3.8) is 0 Å². The molecule has 19 heavy (non-hydrogen) atoms. The average molecular weight is 302 g/mol. The first-order valence-corrected chi connectivity index (χ1v) is 6.26. The molecule has 0 heterocycles. The summed E-state index contributed by atoms with van der Waals surface area (Å²) in [5, 5.41) is 3.59. The summed E-state index contributed by atoms with van der Waals surface area (Å²) in [4.78, 5) is 22.3. The van der Waals surface area contributed by atoms with Gasteiger partial charge in [-0.1, -0.05) is 23.2 Å². The van der Waals surface area contributed by atoms with E-state index in [2.05, 4.69) is 10.1 Å². The summed E-state index contributed by atoms with van der Waals surface area (Å²) in [6, 6.07) is 4.97. The van der Waals surface area contributed by atoms with Crippen LogP contribution >= 0.6 is 23.2 Å². The van der Waals surface area contributed by atoms with Crippen molar-refractivity contribution in [1.82, 2.24) is 5.32 Å². The van der Waals surface area contributed by atoms with Crippen LogP contribution in [0.5, 0.6) is 0 Å². The Bertz CT molecular complexity index is 501. The molecule has 1 aromatic rings. The van der Waals surface area contributed by atoms with Gasteiger partial charge in [-0.2, -0.15) is 0 Å². The Labute approximate surface area is 121 Å². The largest absolute Gasteiger partial charge is 0.469 e. The molecule has 0 aliphatic rings. The van der Waals surface area contributed by atoms with Gasteiger partial charge in [0.1, 0.15) is 0 Å². The molecule has 0 radical (unpaired) electrons. The van der Waals surface area contributed by atoms with Gasteiger partial charge in [0.25, 0.3) is 0 Å².